The lowest BCUT2D eigenvalue weighted by Gasteiger charge is -2.28. The number of rotatable bonds is 2. The van der Waals surface area contributed by atoms with Crippen LogP contribution in [0.25, 0.3) is 0 Å². The molecule has 0 radical (unpaired) electrons. The summed E-state index contributed by atoms with van der Waals surface area (Å²) in [6.07, 6.45) is 0. The van der Waals surface area contributed by atoms with Gasteiger partial charge in [0.05, 0.1) is 0 Å². The Bertz CT molecular complexity index is 413. The molecule has 0 atom stereocenters. The number of hydrogen-bond acceptors (Lipinski definition) is 1. The number of ketones is 1. The maximum atomic E-state index is 11.8. The molecule has 0 fully saturated rings. The standard InChI is InChI=1S/C15H22O/c1-9-8-10(2)12(4)14(11(9)3)15(6,7)13(5)16/h8H,1-7H3. The van der Waals surface area contributed by atoms with Crippen LogP contribution in [0.4, 0.5) is 0 Å². The third kappa shape index (κ3) is 1.91. The minimum atomic E-state index is -0.384. The van der Waals surface area contributed by atoms with Gasteiger partial charge in [0.15, 0.2) is 0 Å². The first-order chi connectivity index (χ1) is 7.19. The number of benzene rings is 1. The van der Waals surface area contributed by atoms with Crippen LogP contribution in [0.15, 0.2) is 6.07 Å². The molecular formula is C15H22O. The van der Waals surface area contributed by atoms with Crippen molar-refractivity contribution in [2.45, 2.75) is 53.9 Å². The van der Waals surface area contributed by atoms with Gasteiger partial charge in [0, 0.05) is 5.41 Å². The molecule has 1 rings (SSSR count). The van der Waals surface area contributed by atoms with E-state index in [0.29, 0.717) is 0 Å². The number of Topliss-reactive ketones (excluding diaryl/α,β-unsaturated/α-hetero) is 1. The van der Waals surface area contributed by atoms with Crippen molar-refractivity contribution in [1.82, 2.24) is 0 Å². The number of carbonyl (C=O) groups is 1. The normalized spacial score (nSPS) is 11.7. The Morgan fingerprint density at radius 3 is 1.69 bits per heavy atom. The highest BCUT2D eigenvalue weighted by atomic mass is 16.1. The lowest BCUT2D eigenvalue weighted by atomic mass is 9.75. The van der Waals surface area contributed by atoms with Crippen LogP contribution in [0.5, 0.6) is 0 Å². The summed E-state index contributed by atoms with van der Waals surface area (Å²) >= 11 is 0. The molecule has 1 aromatic carbocycles. The van der Waals surface area contributed by atoms with Crippen molar-refractivity contribution >= 4 is 5.78 Å². The minimum Gasteiger partial charge on any atom is -0.299 e. The van der Waals surface area contributed by atoms with Gasteiger partial charge in [-0.15, -0.1) is 0 Å². The van der Waals surface area contributed by atoms with E-state index in [-0.39, 0.29) is 11.2 Å². The molecule has 0 saturated heterocycles. The molecule has 0 amide bonds. The second-order valence-electron chi connectivity index (χ2n) is 5.32. The first-order valence-corrected chi connectivity index (χ1v) is 5.78. The molecule has 0 aliphatic heterocycles. The molecule has 0 aliphatic rings. The van der Waals surface area contributed by atoms with Gasteiger partial charge >= 0.3 is 0 Å². The van der Waals surface area contributed by atoms with Crippen molar-refractivity contribution in [2.75, 3.05) is 0 Å². The molecular weight excluding hydrogens is 196 g/mol. The molecule has 88 valence electrons. The van der Waals surface area contributed by atoms with Crippen molar-refractivity contribution in [1.29, 1.82) is 0 Å². The predicted octanol–water partition coefficient (Wildman–Crippen LogP) is 3.79. The lowest BCUT2D eigenvalue weighted by molar-refractivity contribution is -0.121. The van der Waals surface area contributed by atoms with E-state index in [2.05, 4.69) is 33.8 Å². The van der Waals surface area contributed by atoms with E-state index in [4.69, 9.17) is 0 Å². The summed E-state index contributed by atoms with van der Waals surface area (Å²) in [6, 6.07) is 2.20. The van der Waals surface area contributed by atoms with Crippen molar-refractivity contribution in [3.05, 3.63) is 33.9 Å². The van der Waals surface area contributed by atoms with Gasteiger partial charge in [-0.25, -0.2) is 0 Å². The first kappa shape index (κ1) is 13.0. The largest absolute Gasteiger partial charge is 0.299 e. The Balaban J connectivity index is 3.62. The van der Waals surface area contributed by atoms with Gasteiger partial charge in [-0.3, -0.25) is 4.79 Å². The van der Waals surface area contributed by atoms with Crippen LogP contribution in [0.2, 0.25) is 0 Å². The van der Waals surface area contributed by atoms with E-state index >= 15 is 0 Å². The van der Waals surface area contributed by atoms with Crippen LogP contribution in [0.1, 0.15) is 48.6 Å². The van der Waals surface area contributed by atoms with Crippen LogP contribution >= 0.6 is 0 Å². The number of carbonyl (C=O) groups excluding carboxylic acids is 1. The third-order valence-corrected chi connectivity index (χ3v) is 3.87. The molecule has 1 aromatic rings. The molecule has 0 saturated carbocycles. The Morgan fingerprint density at radius 2 is 1.38 bits per heavy atom. The van der Waals surface area contributed by atoms with Crippen LogP contribution in [0, 0.1) is 27.7 Å². The van der Waals surface area contributed by atoms with Crippen LogP contribution < -0.4 is 0 Å². The molecule has 0 spiro atoms. The number of aryl methyl sites for hydroxylation is 2. The molecule has 0 aromatic heterocycles. The van der Waals surface area contributed by atoms with Crippen LogP contribution in [-0.2, 0) is 10.2 Å². The average Bonchev–Trinajstić information content (AvgIpc) is 2.14. The highest BCUT2D eigenvalue weighted by Crippen LogP contribution is 2.33. The predicted molar refractivity (Wildman–Crippen MR) is 69.1 cm³/mol. The molecule has 0 bridgehead atoms. The molecule has 0 aliphatic carbocycles. The second kappa shape index (κ2) is 4.04. The average molecular weight is 218 g/mol. The molecule has 16 heavy (non-hydrogen) atoms. The maximum Gasteiger partial charge on any atom is 0.139 e. The van der Waals surface area contributed by atoms with Gasteiger partial charge < -0.3 is 0 Å². The van der Waals surface area contributed by atoms with Gasteiger partial charge in [0.2, 0.25) is 0 Å². The monoisotopic (exact) mass is 218 g/mol. The molecule has 1 heteroatoms. The van der Waals surface area contributed by atoms with Crippen molar-refractivity contribution in [2.24, 2.45) is 0 Å². The fourth-order valence-corrected chi connectivity index (χ4v) is 2.33. The first-order valence-electron chi connectivity index (χ1n) is 5.78. The van der Waals surface area contributed by atoms with E-state index in [9.17, 15) is 4.79 Å². The zero-order valence-corrected chi connectivity index (χ0v) is 11.5. The van der Waals surface area contributed by atoms with Gasteiger partial charge in [-0.1, -0.05) is 6.07 Å². The molecule has 0 N–H and O–H groups in total. The maximum absolute atomic E-state index is 11.8. The van der Waals surface area contributed by atoms with E-state index in [1.165, 1.54) is 27.8 Å². The summed E-state index contributed by atoms with van der Waals surface area (Å²) in [7, 11) is 0. The third-order valence-electron chi connectivity index (χ3n) is 3.87. The fraction of sp³-hybridized carbons (Fsp3) is 0.533. The molecule has 1 nitrogen and oxygen atoms in total. The Hall–Kier alpha value is -1.11. The summed E-state index contributed by atoms with van der Waals surface area (Å²) in [6.45, 7) is 14.2. The lowest BCUT2D eigenvalue weighted by Crippen LogP contribution is -2.29. The quantitative estimate of drug-likeness (QED) is 0.738. The van der Waals surface area contributed by atoms with Gasteiger partial charge in [-0.2, -0.15) is 0 Å². The van der Waals surface area contributed by atoms with Gasteiger partial charge in [0.1, 0.15) is 5.78 Å². The fourth-order valence-electron chi connectivity index (χ4n) is 2.33. The van der Waals surface area contributed by atoms with Gasteiger partial charge in [0.25, 0.3) is 0 Å². The van der Waals surface area contributed by atoms with Crippen molar-refractivity contribution in [3.63, 3.8) is 0 Å². The molecule has 0 unspecified atom stereocenters. The van der Waals surface area contributed by atoms with Crippen LogP contribution in [0.3, 0.4) is 0 Å². The summed E-state index contributed by atoms with van der Waals surface area (Å²) in [5.41, 5.74) is 5.87. The van der Waals surface area contributed by atoms with E-state index in [1.54, 1.807) is 6.92 Å². The minimum absolute atomic E-state index is 0.226. The van der Waals surface area contributed by atoms with Crippen LogP contribution in [-0.4, -0.2) is 5.78 Å². The van der Waals surface area contributed by atoms with E-state index in [1.807, 2.05) is 13.8 Å². The summed E-state index contributed by atoms with van der Waals surface area (Å²) in [4.78, 5) is 11.8. The highest BCUT2D eigenvalue weighted by molar-refractivity contribution is 5.88. The Labute approximate surface area is 98.9 Å². The molecule has 0 heterocycles. The summed E-state index contributed by atoms with van der Waals surface area (Å²) in [5, 5.41) is 0. The topological polar surface area (TPSA) is 17.1 Å². The number of hydrogen-bond donors (Lipinski definition) is 0. The Kier molecular flexibility index (Phi) is 3.27. The summed E-state index contributed by atoms with van der Waals surface area (Å²) < 4.78 is 0. The summed E-state index contributed by atoms with van der Waals surface area (Å²) in [5.74, 6) is 0.226. The van der Waals surface area contributed by atoms with E-state index in [0.717, 1.165) is 0 Å². The zero-order chi connectivity index (χ0) is 12.7. The van der Waals surface area contributed by atoms with Crippen molar-refractivity contribution < 1.29 is 4.79 Å². The Morgan fingerprint density at radius 1 is 1.00 bits per heavy atom. The highest BCUT2D eigenvalue weighted by Gasteiger charge is 2.30. The van der Waals surface area contributed by atoms with Crippen molar-refractivity contribution in [3.8, 4) is 0 Å². The van der Waals surface area contributed by atoms with Gasteiger partial charge in [-0.05, 0) is 76.3 Å². The smallest absolute Gasteiger partial charge is 0.139 e. The second-order valence-corrected chi connectivity index (χ2v) is 5.32. The SMILES string of the molecule is CC(=O)C(C)(C)c1c(C)c(C)cc(C)c1C. The van der Waals surface area contributed by atoms with E-state index < -0.39 is 0 Å². The zero-order valence-electron chi connectivity index (χ0n) is 11.5.